The third-order valence-corrected chi connectivity index (χ3v) is 6.18. The van der Waals surface area contributed by atoms with E-state index in [1.54, 1.807) is 12.1 Å². The summed E-state index contributed by atoms with van der Waals surface area (Å²) in [5.74, 6) is -0.551. The van der Waals surface area contributed by atoms with Gasteiger partial charge in [-0.1, -0.05) is 38.1 Å². The van der Waals surface area contributed by atoms with Crippen LogP contribution in [0, 0.1) is 11.2 Å². The zero-order valence-corrected chi connectivity index (χ0v) is 19.3. The molecule has 0 radical (unpaired) electrons. The molecule has 2 aliphatic rings. The highest BCUT2D eigenvalue weighted by molar-refractivity contribution is 6.04. The number of nitrogens with one attached hydrogen (secondary N) is 1. The number of ketones is 1. The molecule has 6 heteroatoms. The van der Waals surface area contributed by atoms with Crippen LogP contribution in [-0.4, -0.2) is 18.9 Å². The Balaban J connectivity index is 1.65. The monoisotopic (exact) mass is 449 g/mol. The Morgan fingerprint density at radius 3 is 2.39 bits per heavy atom. The second kappa shape index (κ2) is 8.85. The number of rotatable bonds is 5. The first kappa shape index (κ1) is 22.8. The van der Waals surface area contributed by atoms with Crippen LogP contribution in [0.3, 0.4) is 0 Å². The van der Waals surface area contributed by atoms with Crippen molar-refractivity contribution in [2.75, 3.05) is 7.11 Å². The van der Waals surface area contributed by atoms with Crippen molar-refractivity contribution in [1.29, 1.82) is 0 Å². The van der Waals surface area contributed by atoms with Crippen molar-refractivity contribution >= 4 is 11.8 Å². The van der Waals surface area contributed by atoms with Crippen molar-refractivity contribution in [3.63, 3.8) is 0 Å². The van der Waals surface area contributed by atoms with Gasteiger partial charge in [-0.05, 0) is 54.2 Å². The Hall–Kier alpha value is -3.41. The van der Waals surface area contributed by atoms with Crippen molar-refractivity contribution in [2.24, 2.45) is 5.41 Å². The van der Waals surface area contributed by atoms with E-state index in [0.29, 0.717) is 35.6 Å². The number of ether oxygens (including phenoxy) is 2. The molecule has 33 heavy (non-hydrogen) atoms. The fraction of sp³-hybridized carbons (Fsp3) is 0.333. The van der Waals surface area contributed by atoms with Gasteiger partial charge in [0.15, 0.2) is 5.78 Å². The van der Waals surface area contributed by atoms with Crippen LogP contribution >= 0.6 is 0 Å². The first-order valence-electron chi connectivity index (χ1n) is 11.0. The third kappa shape index (κ3) is 4.70. The van der Waals surface area contributed by atoms with E-state index in [4.69, 9.17) is 9.47 Å². The normalized spacial score (nSPS) is 19.7. The van der Waals surface area contributed by atoms with Crippen molar-refractivity contribution in [2.45, 2.75) is 46.1 Å². The molecule has 0 aromatic heterocycles. The van der Waals surface area contributed by atoms with Crippen LogP contribution in [0.15, 0.2) is 71.1 Å². The molecule has 0 saturated carbocycles. The molecule has 2 aromatic carbocycles. The molecule has 0 spiro atoms. The molecule has 1 unspecified atom stereocenters. The van der Waals surface area contributed by atoms with E-state index in [1.165, 1.54) is 19.2 Å². The van der Waals surface area contributed by atoms with Gasteiger partial charge in [-0.15, -0.1) is 0 Å². The van der Waals surface area contributed by atoms with Crippen LogP contribution in [0.25, 0.3) is 0 Å². The Labute approximate surface area is 193 Å². The number of halogens is 1. The standard InChI is InChI=1S/C27H28FNO4/c1-16-23(26(31)32-4)24(25-21(29-16)13-27(2,3)14-22(25)30)18-7-11-20(12-8-18)33-15-17-5-9-19(28)10-6-17/h5-12,24,29H,13-15H2,1-4H3. The van der Waals surface area contributed by atoms with Gasteiger partial charge < -0.3 is 14.8 Å². The molecule has 0 fully saturated rings. The maximum absolute atomic E-state index is 13.2. The van der Waals surface area contributed by atoms with E-state index >= 15 is 0 Å². The summed E-state index contributed by atoms with van der Waals surface area (Å²) in [7, 11) is 1.35. The molecule has 1 atom stereocenters. The molecule has 0 bridgehead atoms. The highest BCUT2D eigenvalue weighted by atomic mass is 19.1. The highest BCUT2D eigenvalue weighted by Gasteiger charge is 2.42. The van der Waals surface area contributed by atoms with Gasteiger partial charge in [0.25, 0.3) is 0 Å². The number of allylic oxidation sites excluding steroid dienone is 3. The predicted octanol–water partition coefficient (Wildman–Crippen LogP) is 5.18. The van der Waals surface area contributed by atoms with Gasteiger partial charge in [0.05, 0.1) is 12.7 Å². The van der Waals surface area contributed by atoms with Crippen LogP contribution in [0.4, 0.5) is 4.39 Å². The number of Topliss-reactive ketones (excluding diaryl/α,β-unsaturated/α-hetero) is 1. The third-order valence-electron chi connectivity index (χ3n) is 6.18. The lowest BCUT2D eigenvalue weighted by Crippen LogP contribution is -2.38. The number of carbonyl (C=O) groups excluding carboxylic acids is 2. The number of dihydropyridines is 1. The lowest BCUT2D eigenvalue weighted by Gasteiger charge is -2.39. The SMILES string of the molecule is COC(=O)C1=C(C)NC2=C(C(=O)CC(C)(C)C2)C1c1ccc(OCc2ccc(F)cc2)cc1. The van der Waals surface area contributed by atoms with Gasteiger partial charge in [0.1, 0.15) is 18.2 Å². The predicted molar refractivity (Wildman–Crippen MR) is 123 cm³/mol. The highest BCUT2D eigenvalue weighted by Crippen LogP contribution is 2.46. The number of esters is 1. The Kier molecular flexibility index (Phi) is 6.11. The van der Waals surface area contributed by atoms with E-state index in [9.17, 15) is 14.0 Å². The quantitative estimate of drug-likeness (QED) is 0.637. The van der Waals surface area contributed by atoms with Crippen molar-refractivity contribution < 1.29 is 23.5 Å². The Bertz CT molecular complexity index is 1140. The zero-order chi connectivity index (χ0) is 23.8. The molecule has 1 N–H and O–H groups in total. The minimum absolute atomic E-state index is 0.0456. The zero-order valence-electron chi connectivity index (χ0n) is 19.3. The summed E-state index contributed by atoms with van der Waals surface area (Å²) >= 11 is 0. The number of hydrogen-bond donors (Lipinski definition) is 1. The maximum Gasteiger partial charge on any atom is 0.336 e. The summed E-state index contributed by atoms with van der Waals surface area (Å²) in [4.78, 5) is 25.9. The lowest BCUT2D eigenvalue weighted by molar-refractivity contribution is -0.136. The molecule has 1 aliphatic carbocycles. The first-order chi connectivity index (χ1) is 15.7. The van der Waals surface area contributed by atoms with E-state index in [0.717, 1.165) is 23.2 Å². The number of benzene rings is 2. The van der Waals surface area contributed by atoms with Crippen LogP contribution in [-0.2, 0) is 20.9 Å². The van der Waals surface area contributed by atoms with Gasteiger partial charge >= 0.3 is 5.97 Å². The summed E-state index contributed by atoms with van der Waals surface area (Å²) in [6.07, 6.45) is 1.16. The number of carbonyl (C=O) groups is 2. The van der Waals surface area contributed by atoms with E-state index in [-0.39, 0.29) is 17.0 Å². The van der Waals surface area contributed by atoms with Crippen LogP contribution < -0.4 is 10.1 Å². The minimum atomic E-state index is -0.497. The average Bonchev–Trinajstić information content (AvgIpc) is 2.77. The minimum Gasteiger partial charge on any atom is -0.489 e. The Morgan fingerprint density at radius 2 is 1.76 bits per heavy atom. The smallest absolute Gasteiger partial charge is 0.336 e. The molecule has 1 aliphatic heterocycles. The van der Waals surface area contributed by atoms with Crippen molar-refractivity contribution in [3.8, 4) is 5.75 Å². The molecular weight excluding hydrogens is 421 g/mol. The summed E-state index contributed by atoms with van der Waals surface area (Å²) in [5.41, 5.74) is 4.20. The molecule has 172 valence electrons. The molecule has 0 amide bonds. The van der Waals surface area contributed by atoms with Gasteiger partial charge in [0.2, 0.25) is 0 Å². The summed E-state index contributed by atoms with van der Waals surface area (Å²) in [6.45, 7) is 6.30. The van der Waals surface area contributed by atoms with E-state index in [1.807, 2.05) is 31.2 Å². The summed E-state index contributed by atoms with van der Waals surface area (Å²) < 4.78 is 24.0. The van der Waals surface area contributed by atoms with Crippen LogP contribution in [0.2, 0.25) is 0 Å². The van der Waals surface area contributed by atoms with Gasteiger partial charge in [-0.25, -0.2) is 9.18 Å². The molecular formula is C27H28FNO4. The first-order valence-corrected chi connectivity index (χ1v) is 11.0. The fourth-order valence-electron chi connectivity index (χ4n) is 4.65. The average molecular weight is 450 g/mol. The van der Waals surface area contributed by atoms with Gasteiger partial charge in [-0.2, -0.15) is 0 Å². The molecule has 0 saturated heterocycles. The molecule has 2 aromatic rings. The lowest BCUT2D eigenvalue weighted by atomic mass is 9.68. The Morgan fingerprint density at radius 1 is 1.09 bits per heavy atom. The van der Waals surface area contributed by atoms with Crippen LogP contribution in [0.5, 0.6) is 5.75 Å². The second-order valence-corrected chi connectivity index (χ2v) is 9.41. The number of hydrogen-bond acceptors (Lipinski definition) is 5. The van der Waals surface area contributed by atoms with E-state index < -0.39 is 11.9 Å². The maximum atomic E-state index is 13.2. The largest absolute Gasteiger partial charge is 0.489 e. The summed E-state index contributed by atoms with van der Waals surface area (Å²) in [6, 6.07) is 13.6. The molecule has 1 heterocycles. The van der Waals surface area contributed by atoms with Crippen LogP contribution in [0.1, 0.15) is 50.7 Å². The molecule has 5 nitrogen and oxygen atoms in total. The number of methoxy groups -OCH3 is 1. The van der Waals surface area contributed by atoms with Crippen molar-refractivity contribution in [1.82, 2.24) is 5.32 Å². The van der Waals surface area contributed by atoms with Gasteiger partial charge in [-0.3, -0.25) is 4.79 Å². The second-order valence-electron chi connectivity index (χ2n) is 9.41. The fourth-order valence-corrected chi connectivity index (χ4v) is 4.65. The van der Waals surface area contributed by atoms with Crippen molar-refractivity contribution in [3.05, 3.63) is 88.0 Å². The van der Waals surface area contributed by atoms with E-state index in [2.05, 4.69) is 19.2 Å². The van der Waals surface area contributed by atoms with Gasteiger partial charge in [0, 0.05) is 29.3 Å². The molecule has 4 rings (SSSR count). The topological polar surface area (TPSA) is 64.6 Å². The summed E-state index contributed by atoms with van der Waals surface area (Å²) in [5, 5.41) is 3.31.